The van der Waals surface area contributed by atoms with E-state index in [2.05, 4.69) is 10.4 Å². The standard InChI is InChI=1S/C20H18ClN3O4/c1-2-24-19(26)15-9-5-4-8-14(15)18(23-24)20(27)28-12-17(25)22-11-13-7-3-6-10-16(13)21/h3-10H,2,11-12H2,1H3,(H,22,25). The summed E-state index contributed by atoms with van der Waals surface area (Å²) in [7, 11) is 0. The molecule has 0 bridgehead atoms. The molecule has 28 heavy (non-hydrogen) atoms. The normalized spacial score (nSPS) is 10.6. The lowest BCUT2D eigenvalue weighted by Gasteiger charge is -2.10. The van der Waals surface area contributed by atoms with Crippen LogP contribution in [0.25, 0.3) is 10.8 Å². The average Bonchev–Trinajstić information content (AvgIpc) is 2.72. The summed E-state index contributed by atoms with van der Waals surface area (Å²) in [5.41, 5.74) is 0.467. The second-order valence-corrected chi connectivity index (χ2v) is 6.37. The van der Waals surface area contributed by atoms with Crippen molar-refractivity contribution in [3.8, 4) is 0 Å². The van der Waals surface area contributed by atoms with E-state index in [1.807, 2.05) is 6.07 Å². The lowest BCUT2D eigenvalue weighted by atomic mass is 10.1. The van der Waals surface area contributed by atoms with Gasteiger partial charge in [0, 0.05) is 23.5 Å². The number of nitrogens with one attached hydrogen (secondary N) is 1. The number of aromatic nitrogens is 2. The Bertz CT molecular complexity index is 1090. The van der Waals surface area contributed by atoms with E-state index in [-0.39, 0.29) is 17.8 Å². The van der Waals surface area contributed by atoms with Crippen LogP contribution in [-0.4, -0.2) is 28.3 Å². The van der Waals surface area contributed by atoms with Gasteiger partial charge in [0.25, 0.3) is 11.5 Å². The lowest BCUT2D eigenvalue weighted by Crippen LogP contribution is -2.30. The van der Waals surface area contributed by atoms with E-state index in [0.717, 1.165) is 5.56 Å². The fourth-order valence-electron chi connectivity index (χ4n) is 2.69. The maximum Gasteiger partial charge on any atom is 0.359 e. The smallest absolute Gasteiger partial charge is 0.359 e. The molecule has 3 aromatic rings. The Morgan fingerprint density at radius 1 is 1.11 bits per heavy atom. The number of hydrogen-bond acceptors (Lipinski definition) is 5. The summed E-state index contributed by atoms with van der Waals surface area (Å²) in [5, 5.41) is 8.02. The second kappa shape index (κ2) is 8.67. The number of amides is 1. The Hall–Kier alpha value is -3.19. The fourth-order valence-corrected chi connectivity index (χ4v) is 2.89. The molecule has 1 N–H and O–H groups in total. The summed E-state index contributed by atoms with van der Waals surface area (Å²) in [6, 6.07) is 13.8. The molecule has 0 aliphatic heterocycles. The van der Waals surface area contributed by atoms with Crippen LogP contribution < -0.4 is 10.9 Å². The number of esters is 1. The van der Waals surface area contributed by atoms with Crippen LogP contribution in [-0.2, 0) is 22.6 Å². The van der Waals surface area contributed by atoms with Crippen LogP contribution in [0.1, 0.15) is 23.0 Å². The van der Waals surface area contributed by atoms with Crippen molar-refractivity contribution in [3.63, 3.8) is 0 Å². The number of ether oxygens (including phenoxy) is 1. The van der Waals surface area contributed by atoms with Crippen molar-refractivity contribution in [2.45, 2.75) is 20.0 Å². The summed E-state index contributed by atoms with van der Waals surface area (Å²) in [5.74, 6) is -1.24. The third-order valence-electron chi connectivity index (χ3n) is 4.13. The Labute approximate surface area is 165 Å². The SMILES string of the molecule is CCn1nc(C(=O)OCC(=O)NCc2ccccc2Cl)c2ccccc2c1=O. The van der Waals surface area contributed by atoms with Crippen LogP contribution in [0.15, 0.2) is 53.3 Å². The van der Waals surface area contributed by atoms with E-state index in [4.69, 9.17) is 16.3 Å². The molecule has 0 aliphatic rings. The van der Waals surface area contributed by atoms with Gasteiger partial charge in [-0.25, -0.2) is 9.48 Å². The van der Waals surface area contributed by atoms with Crippen molar-refractivity contribution in [2.24, 2.45) is 0 Å². The first-order valence-electron chi connectivity index (χ1n) is 8.68. The van der Waals surface area contributed by atoms with E-state index in [1.54, 1.807) is 49.4 Å². The van der Waals surface area contributed by atoms with Gasteiger partial charge < -0.3 is 10.1 Å². The van der Waals surface area contributed by atoms with Gasteiger partial charge in [0.1, 0.15) is 0 Å². The van der Waals surface area contributed by atoms with Gasteiger partial charge in [-0.05, 0) is 24.6 Å². The number of aryl methyl sites for hydroxylation is 1. The zero-order valence-electron chi connectivity index (χ0n) is 15.1. The van der Waals surface area contributed by atoms with Crippen molar-refractivity contribution < 1.29 is 14.3 Å². The zero-order valence-corrected chi connectivity index (χ0v) is 15.9. The summed E-state index contributed by atoms with van der Waals surface area (Å²) in [4.78, 5) is 36.8. The highest BCUT2D eigenvalue weighted by molar-refractivity contribution is 6.31. The minimum Gasteiger partial charge on any atom is -0.451 e. The van der Waals surface area contributed by atoms with Crippen molar-refractivity contribution in [2.75, 3.05) is 6.61 Å². The molecule has 0 atom stereocenters. The number of carbonyl (C=O) groups is 2. The van der Waals surface area contributed by atoms with Crippen LogP contribution in [0.5, 0.6) is 0 Å². The Kier molecular flexibility index (Phi) is 6.06. The molecule has 0 fully saturated rings. The predicted octanol–water partition coefficient (Wildman–Crippen LogP) is 2.54. The van der Waals surface area contributed by atoms with Crippen LogP contribution >= 0.6 is 11.6 Å². The molecule has 3 rings (SSSR count). The second-order valence-electron chi connectivity index (χ2n) is 5.96. The molecule has 2 aromatic carbocycles. The minimum absolute atomic E-state index is 0.00375. The molecule has 0 saturated heterocycles. The van der Waals surface area contributed by atoms with E-state index in [9.17, 15) is 14.4 Å². The van der Waals surface area contributed by atoms with Gasteiger partial charge in [-0.1, -0.05) is 48.0 Å². The van der Waals surface area contributed by atoms with Crippen LogP contribution in [0.3, 0.4) is 0 Å². The molecule has 0 spiro atoms. The molecule has 0 aliphatic carbocycles. The Morgan fingerprint density at radius 3 is 2.50 bits per heavy atom. The number of halogens is 1. The highest BCUT2D eigenvalue weighted by Crippen LogP contribution is 2.15. The highest BCUT2D eigenvalue weighted by Gasteiger charge is 2.18. The van der Waals surface area contributed by atoms with Crippen LogP contribution in [0.4, 0.5) is 0 Å². The van der Waals surface area contributed by atoms with Crippen molar-refractivity contribution in [1.29, 1.82) is 0 Å². The maximum atomic E-state index is 12.5. The summed E-state index contributed by atoms with van der Waals surface area (Å²) in [6.45, 7) is 1.81. The monoisotopic (exact) mass is 399 g/mol. The molecule has 8 heteroatoms. The van der Waals surface area contributed by atoms with Gasteiger partial charge in [0.2, 0.25) is 0 Å². The molecular formula is C20H18ClN3O4. The molecule has 1 aromatic heterocycles. The first-order chi connectivity index (χ1) is 13.5. The maximum absolute atomic E-state index is 12.5. The quantitative estimate of drug-likeness (QED) is 0.643. The van der Waals surface area contributed by atoms with Gasteiger partial charge in [0.05, 0.1) is 5.39 Å². The number of hydrogen-bond donors (Lipinski definition) is 1. The molecule has 1 amide bonds. The van der Waals surface area contributed by atoms with Gasteiger partial charge in [-0.3, -0.25) is 9.59 Å². The van der Waals surface area contributed by atoms with Crippen molar-refractivity contribution in [1.82, 2.24) is 15.1 Å². The molecule has 0 saturated carbocycles. The highest BCUT2D eigenvalue weighted by atomic mass is 35.5. The summed E-state index contributed by atoms with van der Waals surface area (Å²) >= 11 is 6.04. The topological polar surface area (TPSA) is 90.3 Å². The molecule has 144 valence electrons. The number of nitrogens with zero attached hydrogens (tertiary/aromatic N) is 2. The molecule has 7 nitrogen and oxygen atoms in total. The first kappa shape index (κ1) is 19.6. The van der Waals surface area contributed by atoms with E-state index < -0.39 is 18.5 Å². The van der Waals surface area contributed by atoms with Crippen LogP contribution in [0.2, 0.25) is 5.02 Å². The predicted molar refractivity (Wildman–Crippen MR) is 105 cm³/mol. The van der Waals surface area contributed by atoms with Crippen molar-refractivity contribution in [3.05, 3.63) is 75.2 Å². The zero-order chi connectivity index (χ0) is 20.1. The Morgan fingerprint density at radius 2 is 1.79 bits per heavy atom. The van der Waals surface area contributed by atoms with E-state index >= 15 is 0 Å². The van der Waals surface area contributed by atoms with Crippen molar-refractivity contribution >= 4 is 34.2 Å². The van der Waals surface area contributed by atoms with Crippen LogP contribution in [0, 0.1) is 0 Å². The van der Waals surface area contributed by atoms with Gasteiger partial charge in [-0.2, -0.15) is 5.10 Å². The number of benzene rings is 2. The summed E-state index contributed by atoms with van der Waals surface area (Å²) < 4.78 is 6.29. The first-order valence-corrected chi connectivity index (χ1v) is 9.06. The summed E-state index contributed by atoms with van der Waals surface area (Å²) in [6.07, 6.45) is 0. The van der Waals surface area contributed by atoms with Gasteiger partial charge in [-0.15, -0.1) is 0 Å². The fraction of sp³-hybridized carbons (Fsp3) is 0.200. The third-order valence-corrected chi connectivity index (χ3v) is 4.50. The van der Waals surface area contributed by atoms with Gasteiger partial charge >= 0.3 is 5.97 Å². The number of carbonyl (C=O) groups excluding carboxylic acids is 2. The molecule has 0 unspecified atom stereocenters. The van der Waals surface area contributed by atoms with E-state index in [0.29, 0.717) is 22.3 Å². The lowest BCUT2D eigenvalue weighted by molar-refractivity contribution is -0.124. The largest absolute Gasteiger partial charge is 0.451 e. The van der Waals surface area contributed by atoms with E-state index in [1.165, 1.54) is 4.68 Å². The minimum atomic E-state index is -0.772. The number of fused-ring (bicyclic) bond motifs is 1. The molecule has 0 radical (unpaired) electrons. The van der Waals surface area contributed by atoms with Gasteiger partial charge in [0.15, 0.2) is 12.3 Å². The number of rotatable bonds is 6. The Balaban J connectivity index is 1.70. The third kappa shape index (κ3) is 4.20. The molecular weight excluding hydrogens is 382 g/mol. The molecule has 1 heterocycles. The average molecular weight is 400 g/mol.